The van der Waals surface area contributed by atoms with Crippen LogP contribution in [0, 0.1) is 11.3 Å². The van der Waals surface area contributed by atoms with Gasteiger partial charge in [-0.2, -0.15) is 0 Å². The summed E-state index contributed by atoms with van der Waals surface area (Å²) in [6.07, 6.45) is 1.18. The Hall–Kier alpha value is -0.810. The molecule has 2 atom stereocenters. The van der Waals surface area contributed by atoms with Crippen molar-refractivity contribution in [3.63, 3.8) is 0 Å². The van der Waals surface area contributed by atoms with Crippen molar-refractivity contribution < 1.29 is 9.53 Å². The van der Waals surface area contributed by atoms with Gasteiger partial charge in [-0.25, -0.2) is 10.6 Å². The van der Waals surface area contributed by atoms with Crippen molar-refractivity contribution in [3.8, 4) is 0 Å². The lowest BCUT2D eigenvalue weighted by Crippen LogP contribution is -2.42. The van der Waals surface area contributed by atoms with Gasteiger partial charge in [0.2, 0.25) is 0 Å². The molecule has 2 rings (SSSR count). The van der Waals surface area contributed by atoms with Gasteiger partial charge in [0.1, 0.15) is 0 Å². The van der Waals surface area contributed by atoms with Crippen LogP contribution in [-0.4, -0.2) is 25.8 Å². The zero-order chi connectivity index (χ0) is 8.60. The molecular formula is C7H13N3O2. The van der Waals surface area contributed by atoms with Gasteiger partial charge < -0.3 is 10.1 Å². The molecule has 2 aliphatic rings. The van der Waals surface area contributed by atoms with Gasteiger partial charge >= 0.3 is 6.03 Å². The van der Waals surface area contributed by atoms with E-state index < -0.39 is 0 Å². The highest BCUT2D eigenvalue weighted by atomic mass is 16.5. The van der Waals surface area contributed by atoms with Crippen molar-refractivity contribution in [2.45, 2.75) is 6.42 Å². The van der Waals surface area contributed by atoms with Crippen LogP contribution in [0.3, 0.4) is 0 Å². The number of hydrogen-bond acceptors (Lipinski definition) is 3. The van der Waals surface area contributed by atoms with Crippen LogP contribution in [0.4, 0.5) is 4.79 Å². The Morgan fingerprint density at radius 2 is 2.58 bits per heavy atom. The fourth-order valence-corrected chi connectivity index (χ4v) is 1.82. The van der Waals surface area contributed by atoms with Crippen molar-refractivity contribution in [1.29, 1.82) is 0 Å². The van der Waals surface area contributed by atoms with E-state index in [1.165, 1.54) is 6.42 Å². The lowest BCUT2D eigenvalue weighted by atomic mass is 10.1. The number of urea groups is 1. The standard InChI is InChI=1S/C7H13N3O2/c8-10-6(11)9-3-7-1-5(7)2-12-4-7/h5H,1-4,8H2,(H2,9,10,11). The average molecular weight is 171 g/mol. The monoisotopic (exact) mass is 171 g/mol. The zero-order valence-corrected chi connectivity index (χ0v) is 6.80. The highest BCUT2D eigenvalue weighted by molar-refractivity contribution is 5.73. The molecule has 0 radical (unpaired) electrons. The number of carbonyl (C=O) groups excluding carboxylic acids is 1. The van der Waals surface area contributed by atoms with Crippen molar-refractivity contribution in [1.82, 2.24) is 10.7 Å². The predicted molar refractivity (Wildman–Crippen MR) is 42.1 cm³/mol. The molecule has 2 unspecified atom stereocenters. The Morgan fingerprint density at radius 1 is 1.75 bits per heavy atom. The second-order valence-corrected chi connectivity index (χ2v) is 3.61. The van der Waals surface area contributed by atoms with Gasteiger partial charge in [0.05, 0.1) is 13.2 Å². The van der Waals surface area contributed by atoms with E-state index in [4.69, 9.17) is 10.6 Å². The molecule has 0 aromatic heterocycles. The molecule has 0 aromatic carbocycles. The molecule has 1 saturated heterocycles. The first kappa shape index (κ1) is 7.82. The number of ether oxygens (including phenoxy) is 1. The minimum Gasteiger partial charge on any atom is -0.380 e. The molecule has 5 nitrogen and oxygen atoms in total. The summed E-state index contributed by atoms with van der Waals surface area (Å²) in [6.45, 7) is 2.31. The van der Waals surface area contributed by atoms with Crippen LogP contribution in [-0.2, 0) is 4.74 Å². The first-order chi connectivity index (χ1) is 5.77. The number of amides is 2. The molecule has 12 heavy (non-hydrogen) atoms. The zero-order valence-electron chi connectivity index (χ0n) is 6.80. The van der Waals surface area contributed by atoms with Gasteiger partial charge in [-0.05, 0) is 12.3 Å². The van der Waals surface area contributed by atoms with Gasteiger partial charge in [-0.1, -0.05) is 0 Å². The largest absolute Gasteiger partial charge is 0.380 e. The topological polar surface area (TPSA) is 76.4 Å². The third kappa shape index (κ3) is 1.15. The summed E-state index contributed by atoms with van der Waals surface area (Å²) in [6, 6.07) is -0.318. The summed E-state index contributed by atoms with van der Waals surface area (Å²) in [7, 11) is 0. The highest BCUT2D eigenvalue weighted by Gasteiger charge is 2.58. The van der Waals surface area contributed by atoms with E-state index in [1.807, 2.05) is 5.43 Å². The highest BCUT2D eigenvalue weighted by Crippen LogP contribution is 2.56. The van der Waals surface area contributed by atoms with Gasteiger partial charge in [0, 0.05) is 12.0 Å². The molecule has 0 bridgehead atoms. The summed E-state index contributed by atoms with van der Waals surface area (Å²) < 4.78 is 5.27. The summed E-state index contributed by atoms with van der Waals surface area (Å²) in [5.41, 5.74) is 2.28. The van der Waals surface area contributed by atoms with Crippen LogP contribution in [0.5, 0.6) is 0 Å². The second kappa shape index (κ2) is 2.60. The lowest BCUT2D eigenvalue weighted by molar-refractivity contribution is 0.146. The number of fused-ring (bicyclic) bond motifs is 1. The van der Waals surface area contributed by atoms with Gasteiger partial charge in [-0.3, -0.25) is 5.43 Å². The maximum absolute atomic E-state index is 10.7. The molecule has 2 fully saturated rings. The lowest BCUT2D eigenvalue weighted by Gasteiger charge is -2.11. The number of carbonyl (C=O) groups is 1. The van der Waals surface area contributed by atoms with E-state index in [2.05, 4.69) is 5.32 Å². The van der Waals surface area contributed by atoms with Gasteiger partial charge in [0.15, 0.2) is 0 Å². The normalized spacial score (nSPS) is 37.2. The molecule has 5 heteroatoms. The molecule has 4 N–H and O–H groups in total. The Bertz CT molecular complexity index is 209. The average Bonchev–Trinajstić information content (AvgIpc) is 2.65. The molecule has 1 aliphatic heterocycles. The minimum absolute atomic E-state index is 0.243. The number of rotatable bonds is 2. The first-order valence-corrected chi connectivity index (χ1v) is 4.09. The van der Waals surface area contributed by atoms with E-state index in [9.17, 15) is 4.79 Å². The predicted octanol–water partition coefficient (Wildman–Crippen LogP) is -0.804. The van der Waals surface area contributed by atoms with E-state index in [-0.39, 0.29) is 11.4 Å². The van der Waals surface area contributed by atoms with E-state index in [0.717, 1.165) is 13.2 Å². The van der Waals surface area contributed by atoms with E-state index >= 15 is 0 Å². The van der Waals surface area contributed by atoms with Crippen molar-refractivity contribution in [2.24, 2.45) is 17.2 Å². The fourth-order valence-electron chi connectivity index (χ4n) is 1.82. The number of hydrazine groups is 1. The first-order valence-electron chi connectivity index (χ1n) is 4.09. The third-order valence-electron chi connectivity index (χ3n) is 2.80. The maximum Gasteiger partial charge on any atom is 0.328 e. The van der Waals surface area contributed by atoms with Crippen LogP contribution in [0.1, 0.15) is 6.42 Å². The maximum atomic E-state index is 10.7. The number of nitrogens with one attached hydrogen (secondary N) is 2. The molecule has 1 heterocycles. The number of nitrogens with two attached hydrogens (primary N) is 1. The van der Waals surface area contributed by atoms with Crippen LogP contribution in [0.15, 0.2) is 0 Å². The summed E-state index contributed by atoms with van der Waals surface area (Å²) in [4.78, 5) is 10.7. The van der Waals surface area contributed by atoms with Crippen LogP contribution >= 0.6 is 0 Å². The molecule has 1 aliphatic carbocycles. The minimum atomic E-state index is -0.318. The molecule has 0 spiro atoms. The van der Waals surface area contributed by atoms with E-state index in [1.54, 1.807) is 0 Å². The van der Waals surface area contributed by atoms with Crippen LogP contribution < -0.4 is 16.6 Å². The number of hydrogen-bond donors (Lipinski definition) is 3. The molecule has 68 valence electrons. The Kier molecular flexibility index (Phi) is 1.69. The molecule has 2 amide bonds. The SMILES string of the molecule is NNC(=O)NCC12COCC1C2. The fraction of sp³-hybridized carbons (Fsp3) is 0.857. The smallest absolute Gasteiger partial charge is 0.328 e. The summed E-state index contributed by atoms with van der Waals surface area (Å²) >= 11 is 0. The van der Waals surface area contributed by atoms with Crippen molar-refractivity contribution in [3.05, 3.63) is 0 Å². The Labute approximate surface area is 70.6 Å². The molecule has 1 saturated carbocycles. The summed E-state index contributed by atoms with van der Waals surface area (Å²) in [5, 5.41) is 2.70. The van der Waals surface area contributed by atoms with Crippen LogP contribution in [0.2, 0.25) is 0 Å². The molecular weight excluding hydrogens is 158 g/mol. The quantitative estimate of drug-likeness (QED) is 0.289. The second-order valence-electron chi connectivity index (χ2n) is 3.61. The molecule has 0 aromatic rings. The van der Waals surface area contributed by atoms with Crippen LogP contribution in [0.25, 0.3) is 0 Å². The Balaban J connectivity index is 1.77. The third-order valence-corrected chi connectivity index (χ3v) is 2.80. The Morgan fingerprint density at radius 3 is 3.08 bits per heavy atom. The summed E-state index contributed by atoms with van der Waals surface area (Å²) in [5.74, 6) is 5.58. The van der Waals surface area contributed by atoms with E-state index in [0.29, 0.717) is 12.5 Å². The van der Waals surface area contributed by atoms with Gasteiger partial charge in [0.25, 0.3) is 0 Å². The van der Waals surface area contributed by atoms with Crippen molar-refractivity contribution >= 4 is 6.03 Å². The van der Waals surface area contributed by atoms with Crippen molar-refractivity contribution in [2.75, 3.05) is 19.8 Å². The van der Waals surface area contributed by atoms with Gasteiger partial charge in [-0.15, -0.1) is 0 Å².